The number of carbonyl (C=O) groups excluding carboxylic acids is 2. The zero-order valence-corrected chi connectivity index (χ0v) is 13.0. The van der Waals surface area contributed by atoms with E-state index in [2.05, 4.69) is 22.1 Å². The number of rotatable bonds is 3. The molecule has 118 valence electrons. The van der Waals surface area contributed by atoms with Gasteiger partial charge in [-0.15, -0.1) is 5.10 Å². The summed E-state index contributed by atoms with van der Waals surface area (Å²) in [7, 11) is 0. The standard InChI is InChI=1S/C18H14N4O2/c1-2-11-7-9-12(10-8-11)16-19-18(21-20-16)22-14-6-4-3-5-13(14)15(23)17(22)24/h3-10H,2H2,1H3,(H,19,20,21). The van der Waals surface area contributed by atoms with Crippen molar-refractivity contribution in [2.75, 3.05) is 4.90 Å². The van der Waals surface area contributed by atoms with E-state index in [1.165, 1.54) is 10.5 Å². The average Bonchev–Trinajstić information content (AvgIpc) is 3.19. The summed E-state index contributed by atoms with van der Waals surface area (Å²) in [6.07, 6.45) is 0.961. The monoisotopic (exact) mass is 318 g/mol. The number of aromatic nitrogens is 3. The Kier molecular flexibility index (Phi) is 3.23. The van der Waals surface area contributed by atoms with Crippen LogP contribution in [-0.2, 0) is 11.2 Å². The molecular formula is C18H14N4O2. The molecule has 3 aromatic rings. The van der Waals surface area contributed by atoms with Crippen LogP contribution < -0.4 is 4.90 Å². The molecule has 1 N–H and O–H groups in total. The molecule has 0 fully saturated rings. The van der Waals surface area contributed by atoms with Crippen LogP contribution in [0.15, 0.2) is 48.5 Å². The third kappa shape index (κ3) is 2.11. The van der Waals surface area contributed by atoms with Crippen LogP contribution in [-0.4, -0.2) is 26.9 Å². The van der Waals surface area contributed by atoms with Crippen molar-refractivity contribution in [1.82, 2.24) is 15.2 Å². The summed E-state index contributed by atoms with van der Waals surface area (Å²) in [6, 6.07) is 14.8. The van der Waals surface area contributed by atoms with Gasteiger partial charge in [0.2, 0.25) is 0 Å². The highest BCUT2D eigenvalue weighted by Gasteiger charge is 2.38. The van der Waals surface area contributed by atoms with Crippen molar-refractivity contribution in [2.24, 2.45) is 0 Å². The quantitative estimate of drug-likeness (QED) is 0.753. The molecule has 0 aliphatic carbocycles. The lowest BCUT2D eigenvalue weighted by molar-refractivity contribution is -0.113. The molecule has 0 saturated heterocycles. The minimum Gasteiger partial charge on any atom is -0.283 e. The average molecular weight is 318 g/mol. The number of amides is 1. The van der Waals surface area contributed by atoms with Crippen LogP contribution in [0.4, 0.5) is 11.6 Å². The number of fused-ring (bicyclic) bond motifs is 1. The smallest absolute Gasteiger partial charge is 0.283 e. The maximum atomic E-state index is 12.3. The van der Waals surface area contributed by atoms with E-state index in [0.717, 1.165) is 12.0 Å². The number of Topliss-reactive ketones (excluding diaryl/α,β-unsaturated/α-hetero) is 1. The fraction of sp³-hybridized carbons (Fsp3) is 0.111. The Bertz CT molecular complexity index is 944. The Morgan fingerprint density at radius 3 is 2.54 bits per heavy atom. The van der Waals surface area contributed by atoms with Gasteiger partial charge in [0.15, 0.2) is 5.82 Å². The summed E-state index contributed by atoms with van der Waals surface area (Å²) in [4.78, 5) is 30.0. The molecule has 0 saturated carbocycles. The Morgan fingerprint density at radius 1 is 1.04 bits per heavy atom. The molecule has 6 heteroatoms. The first-order chi connectivity index (χ1) is 11.7. The number of para-hydroxylation sites is 1. The first-order valence-electron chi connectivity index (χ1n) is 7.68. The van der Waals surface area contributed by atoms with Gasteiger partial charge in [0.1, 0.15) is 0 Å². The number of hydrogen-bond donors (Lipinski definition) is 1. The second-order valence-electron chi connectivity index (χ2n) is 5.52. The number of aromatic amines is 1. The number of anilines is 2. The summed E-state index contributed by atoms with van der Waals surface area (Å²) in [6.45, 7) is 2.09. The Labute approximate surface area is 138 Å². The number of aryl methyl sites for hydroxylation is 1. The van der Waals surface area contributed by atoms with Crippen molar-refractivity contribution < 1.29 is 9.59 Å². The first-order valence-corrected chi connectivity index (χ1v) is 7.68. The fourth-order valence-electron chi connectivity index (χ4n) is 2.77. The number of hydrogen-bond acceptors (Lipinski definition) is 4. The van der Waals surface area contributed by atoms with Crippen molar-refractivity contribution in [1.29, 1.82) is 0 Å². The molecule has 1 amide bonds. The van der Waals surface area contributed by atoms with Crippen LogP contribution >= 0.6 is 0 Å². The zero-order valence-electron chi connectivity index (χ0n) is 13.0. The molecule has 2 aromatic carbocycles. The number of nitrogens with one attached hydrogen (secondary N) is 1. The van der Waals surface area contributed by atoms with Gasteiger partial charge in [-0.2, -0.15) is 4.98 Å². The summed E-state index contributed by atoms with van der Waals surface area (Å²) in [5.41, 5.74) is 2.99. The molecular weight excluding hydrogens is 304 g/mol. The SMILES string of the molecule is CCc1ccc(-c2nc(N3C(=O)C(=O)c4ccccc43)n[nH]2)cc1. The number of nitrogens with zero attached hydrogens (tertiary/aromatic N) is 3. The third-order valence-electron chi connectivity index (χ3n) is 4.10. The van der Waals surface area contributed by atoms with Crippen molar-refractivity contribution >= 4 is 23.3 Å². The maximum Gasteiger partial charge on any atom is 0.306 e. The minimum atomic E-state index is -0.636. The van der Waals surface area contributed by atoms with E-state index >= 15 is 0 Å². The van der Waals surface area contributed by atoms with E-state index in [4.69, 9.17) is 0 Å². The fourth-order valence-corrected chi connectivity index (χ4v) is 2.77. The molecule has 1 aromatic heterocycles. The van der Waals surface area contributed by atoms with Crippen molar-refractivity contribution in [3.05, 3.63) is 59.7 Å². The summed E-state index contributed by atoms with van der Waals surface area (Å²) >= 11 is 0. The van der Waals surface area contributed by atoms with E-state index in [-0.39, 0.29) is 5.95 Å². The van der Waals surface area contributed by atoms with Gasteiger partial charge in [-0.25, -0.2) is 4.90 Å². The van der Waals surface area contributed by atoms with Gasteiger partial charge in [-0.3, -0.25) is 14.7 Å². The van der Waals surface area contributed by atoms with E-state index in [0.29, 0.717) is 17.1 Å². The molecule has 0 bridgehead atoms. The zero-order chi connectivity index (χ0) is 16.7. The van der Waals surface area contributed by atoms with Gasteiger partial charge in [0.05, 0.1) is 11.3 Å². The minimum absolute atomic E-state index is 0.174. The van der Waals surface area contributed by atoms with E-state index in [9.17, 15) is 9.59 Å². The number of H-pyrrole nitrogens is 1. The lowest BCUT2D eigenvalue weighted by Crippen LogP contribution is -2.25. The molecule has 24 heavy (non-hydrogen) atoms. The van der Waals surface area contributed by atoms with Crippen LogP contribution in [0.5, 0.6) is 0 Å². The Balaban J connectivity index is 1.72. The van der Waals surface area contributed by atoms with Crippen molar-refractivity contribution in [3.63, 3.8) is 0 Å². The number of benzene rings is 2. The van der Waals surface area contributed by atoms with E-state index < -0.39 is 11.7 Å². The maximum absolute atomic E-state index is 12.3. The molecule has 0 radical (unpaired) electrons. The number of ketones is 1. The van der Waals surface area contributed by atoms with Crippen LogP contribution in [0.25, 0.3) is 11.4 Å². The van der Waals surface area contributed by atoms with Gasteiger partial charge < -0.3 is 0 Å². The summed E-state index contributed by atoms with van der Waals surface area (Å²) < 4.78 is 0. The summed E-state index contributed by atoms with van der Waals surface area (Å²) in [5, 5.41) is 6.95. The van der Waals surface area contributed by atoms with Crippen LogP contribution in [0.3, 0.4) is 0 Å². The van der Waals surface area contributed by atoms with E-state index in [1.54, 1.807) is 24.3 Å². The molecule has 6 nitrogen and oxygen atoms in total. The van der Waals surface area contributed by atoms with Gasteiger partial charge in [-0.1, -0.05) is 43.3 Å². The Hall–Kier alpha value is -3.28. The van der Waals surface area contributed by atoms with E-state index in [1.807, 2.05) is 24.3 Å². The lowest BCUT2D eigenvalue weighted by atomic mass is 10.1. The molecule has 2 heterocycles. The second-order valence-corrected chi connectivity index (χ2v) is 5.52. The largest absolute Gasteiger partial charge is 0.306 e. The van der Waals surface area contributed by atoms with Gasteiger partial charge in [0.25, 0.3) is 11.7 Å². The molecule has 1 aliphatic rings. The Morgan fingerprint density at radius 2 is 1.79 bits per heavy atom. The second kappa shape index (κ2) is 5.42. The highest BCUT2D eigenvalue weighted by Crippen LogP contribution is 2.33. The van der Waals surface area contributed by atoms with Crippen molar-refractivity contribution in [2.45, 2.75) is 13.3 Å². The van der Waals surface area contributed by atoms with Gasteiger partial charge in [0, 0.05) is 5.56 Å². The van der Waals surface area contributed by atoms with Crippen LogP contribution in [0.1, 0.15) is 22.8 Å². The predicted molar refractivity (Wildman–Crippen MR) is 89.1 cm³/mol. The third-order valence-corrected chi connectivity index (χ3v) is 4.10. The first kappa shape index (κ1) is 14.3. The van der Waals surface area contributed by atoms with Crippen LogP contribution in [0.2, 0.25) is 0 Å². The predicted octanol–water partition coefficient (Wildman–Crippen LogP) is 2.90. The molecule has 0 atom stereocenters. The molecule has 1 aliphatic heterocycles. The topological polar surface area (TPSA) is 79.0 Å². The molecule has 0 spiro atoms. The van der Waals surface area contributed by atoms with Crippen LogP contribution in [0, 0.1) is 0 Å². The molecule has 0 unspecified atom stereocenters. The van der Waals surface area contributed by atoms with Crippen molar-refractivity contribution in [3.8, 4) is 11.4 Å². The summed E-state index contributed by atoms with van der Waals surface area (Å²) in [5.74, 6) is -0.447. The van der Waals surface area contributed by atoms with Gasteiger partial charge >= 0.3 is 5.91 Å². The molecule has 4 rings (SSSR count). The number of carbonyl (C=O) groups is 2. The lowest BCUT2D eigenvalue weighted by Gasteiger charge is -2.10. The highest BCUT2D eigenvalue weighted by molar-refractivity contribution is 6.53. The van der Waals surface area contributed by atoms with Gasteiger partial charge in [-0.05, 0) is 24.1 Å². The highest BCUT2D eigenvalue weighted by atomic mass is 16.2. The normalized spacial score (nSPS) is 13.5.